The van der Waals surface area contributed by atoms with E-state index >= 15 is 0 Å². The summed E-state index contributed by atoms with van der Waals surface area (Å²) < 4.78 is 5.40. The van der Waals surface area contributed by atoms with E-state index in [4.69, 9.17) is 27.6 Å². The number of carbonyl (C=O) groups excluding carboxylic acids is 2. The summed E-state index contributed by atoms with van der Waals surface area (Å²) >= 11 is 11.9. The summed E-state index contributed by atoms with van der Waals surface area (Å²) in [5.41, 5.74) is 0.683. The van der Waals surface area contributed by atoms with Crippen LogP contribution in [0, 0.1) is 0 Å². The zero-order chi connectivity index (χ0) is 19.9. The summed E-state index contributed by atoms with van der Waals surface area (Å²) in [6, 6.07) is 9.81. The van der Waals surface area contributed by atoms with Gasteiger partial charge in [0.2, 0.25) is 11.8 Å². The Morgan fingerprint density at radius 1 is 1.14 bits per heavy atom. The van der Waals surface area contributed by atoms with Gasteiger partial charge in [-0.1, -0.05) is 43.0 Å². The van der Waals surface area contributed by atoms with Crippen LogP contribution in [0.5, 0.6) is 0 Å². The van der Waals surface area contributed by atoms with Crippen LogP contribution in [0.15, 0.2) is 47.1 Å². The molecule has 2 aromatic rings. The van der Waals surface area contributed by atoms with Crippen LogP contribution in [0.25, 0.3) is 0 Å². The van der Waals surface area contributed by atoms with Crippen LogP contribution in [0.3, 0.4) is 0 Å². The Bertz CT molecular complexity index is 771. The van der Waals surface area contributed by atoms with Crippen molar-refractivity contribution >= 4 is 35.0 Å². The molecule has 1 aliphatic rings. The number of hydrogen-bond acceptors (Lipinski definition) is 3. The third-order valence-corrected chi connectivity index (χ3v) is 5.52. The van der Waals surface area contributed by atoms with E-state index in [0.717, 1.165) is 25.7 Å². The first-order chi connectivity index (χ1) is 13.6. The monoisotopic (exact) mass is 422 g/mol. The molecular formula is C21H24Cl2N2O3. The molecule has 1 heterocycles. The molecule has 28 heavy (non-hydrogen) atoms. The van der Waals surface area contributed by atoms with Gasteiger partial charge < -0.3 is 14.6 Å². The van der Waals surface area contributed by atoms with Crippen LogP contribution in [-0.4, -0.2) is 28.6 Å². The van der Waals surface area contributed by atoms with Gasteiger partial charge in [-0.15, -0.1) is 11.6 Å². The van der Waals surface area contributed by atoms with Crippen molar-refractivity contribution in [3.63, 3.8) is 0 Å². The van der Waals surface area contributed by atoms with Gasteiger partial charge in [-0.25, -0.2) is 0 Å². The maximum Gasteiger partial charge on any atom is 0.247 e. The highest BCUT2D eigenvalue weighted by Gasteiger charge is 2.33. The highest BCUT2D eigenvalue weighted by molar-refractivity contribution is 6.30. The minimum Gasteiger partial charge on any atom is -0.467 e. The number of amides is 2. The Hall–Kier alpha value is -1.98. The maximum atomic E-state index is 13.3. The lowest BCUT2D eigenvalue weighted by atomic mass is 9.94. The topological polar surface area (TPSA) is 62.6 Å². The number of nitrogens with zero attached hydrogens (tertiary/aromatic N) is 1. The molecule has 0 aliphatic heterocycles. The lowest BCUT2D eigenvalue weighted by Gasteiger charge is -2.32. The third kappa shape index (κ3) is 5.30. The summed E-state index contributed by atoms with van der Waals surface area (Å²) in [7, 11) is 0. The van der Waals surface area contributed by atoms with E-state index in [9.17, 15) is 9.59 Å². The molecule has 1 atom stereocenters. The van der Waals surface area contributed by atoms with E-state index in [1.807, 2.05) is 0 Å². The average Bonchev–Trinajstić information content (AvgIpc) is 3.22. The number of hydrogen-bond donors (Lipinski definition) is 1. The van der Waals surface area contributed by atoms with E-state index in [2.05, 4.69) is 5.32 Å². The number of furan rings is 1. The minimum absolute atomic E-state index is 0.132. The number of alkyl halides is 1. The van der Waals surface area contributed by atoms with Crippen LogP contribution in [0.4, 0.5) is 0 Å². The molecule has 1 aromatic carbocycles. The average molecular weight is 423 g/mol. The van der Waals surface area contributed by atoms with Crippen molar-refractivity contribution in [1.82, 2.24) is 10.2 Å². The van der Waals surface area contributed by atoms with E-state index in [-0.39, 0.29) is 30.3 Å². The van der Waals surface area contributed by atoms with Crippen molar-refractivity contribution < 1.29 is 14.0 Å². The second kappa shape index (κ2) is 9.99. The molecule has 0 spiro atoms. The highest BCUT2D eigenvalue weighted by Crippen LogP contribution is 2.27. The van der Waals surface area contributed by atoms with Gasteiger partial charge in [0.05, 0.1) is 12.8 Å². The zero-order valence-electron chi connectivity index (χ0n) is 15.6. The number of nitrogens with one attached hydrogen (secondary N) is 1. The normalized spacial score (nSPS) is 15.8. The number of carbonyl (C=O) groups is 2. The Morgan fingerprint density at radius 2 is 1.86 bits per heavy atom. The number of benzene rings is 1. The van der Waals surface area contributed by atoms with E-state index in [0.29, 0.717) is 16.3 Å². The van der Waals surface area contributed by atoms with Crippen molar-refractivity contribution in [2.45, 2.75) is 50.7 Å². The van der Waals surface area contributed by atoms with Crippen LogP contribution in [0.2, 0.25) is 5.02 Å². The quantitative estimate of drug-likeness (QED) is 0.658. The summed E-state index contributed by atoms with van der Waals surface area (Å²) in [5.74, 6) is -0.180. The van der Waals surface area contributed by atoms with Gasteiger partial charge >= 0.3 is 0 Å². The van der Waals surface area contributed by atoms with Gasteiger partial charge in [-0.2, -0.15) is 0 Å². The van der Waals surface area contributed by atoms with E-state index < -0.39 is 6.04 Å². The molecule has 1 saturated carbocycles. The largest absolute Gasteiger partial charge is 0.467 e. The Labute approximate surface area is 175 Å². The van der Waals surface area contributed by atoms with E-state index in [1.54, 1.807) is 36.4 Å². The van der Waals surface area contributed by atoms with Crippen LogP contribution in [-0.2, 0) is 16.1 Å². The Kier molecular flexibility index (Phi) is 7.40. The molecule has 0 radical (unpaired) electrons. The molecule has 150 valence electrons. The fourth-order valence-corrected chi connectivity index (χ4v) is 3.90. The third-order valence-electron chi connectivity index (χ3n) is 5.04. The van der Waals surface area contributed by atoms with Crippen LogP contribution < -0.4 is 5.32 Å². The molecular weight excluding hydrogens is 399 g/mol. The first-order valence-corrected chi connectivity index (χ1v) is 10.4. The molecule has 1 N–H and O–H groups in total. The first kappa shape index (κ1) is 20.7. The Morgan fingerprint density at radius 3 is 2.46 bits per heavy atom. The highest BCUT2D eigenvalue weighted by atomic mass is 35.5. The predicted molar refractivity (Wildman–Crippen MR) is 109 cm³/mol. The van der Waals surface area contributed by atoms with Gasteiger partial charge in [-0.3, -0.25) is 9.59 Å². The van der Waals surface area contributed by atoms with Gasteiger partial charge in [-0.05, 0) is 42.7 Å². The molecule has 7 heteroatoms. The fourth-order valence-electron chi connectivity index (χ4n) is 3.62. The fraction of sp³-hybridized carbons (Fsp3) is 0.429. The SMILES string of the molecule is O=C(NC1CCCCC1)C(c1ccc(Cl)cc1)N(Cc1ccco1)C(=O)CCl. The molecule has 1 fully saturated rings. The first-order valence-electron chi connectivity index (χ1n) is 9.52. The standard InChI is InChI=1S/C21H24Cl2N2O3/c22-13-19(26)25(14-18-7-4-12-28-18)20(15-8-10-16(23)11-9-15)21(27)24-17-5-2-1-3-6-17/h4,7-12,17,20H,1-3,5-6,13-14H2,(H,24,27). The van der Waals surface area contributed by atoms with Crippen LogP contribution in [0.1, 0.15) is 49.5 Å². The van der Waals surface area contributed by atoms with Crippen LogP contribution >= 0.6 is 23.2 Å². The van der Waals surface area contributed by atoms with Crippen molar-refractivity contribution in [3.05, 3.63) is 59.0 Å². The molecule has 1 aromatic heterocycles. The van der Waals surface area contributed by atoms with Crippen molar-refractivity contribution in [2.24, 2.45) is 0 Å². The van der Waals surface area contributed by atoms with Crippen molar-refractivity contribution in [2.75, 3.05) is 5.88 Å². The lowest BCUT2D eigenvalue weighted by molar-refractivity contribution is -0.140. The minimum atomic E-state index is -0.810. The predicted octanol–water partition coefficient (Wildman–Crippen LogP) is 4.69. The number of rotatable bonds is 7. The van der Waals surface area contributed by atoms with Gasteiger partial charge in [0, 0.05) is 11.1 Å². The second-order valence-electron chi connectivity index (χ2n) is 7.03. The van der Waals surface area contributed by atoms with E-state index in [1.165, 1.54) is 17.6 Å². The lowest BCUT2D eigenvalue weighted by Crippen LogP contribution is -2.47. The molecule has 1 unspecified atom stereocenters. The van der Waals surface area contributed by atoms with Crippen molar-refractivity contribution in [1.29, 1.82) is 0 Å². The molecule has 5 nitrogen and oxygen atoms in total. The summed E-state index contributed by atoms with van der Waals surface area (Å²) in [5, 5.41) is 3.70. The zero-order valence-corrected chi connectivity index (χ0v) is 17.1. The van der Waals surface area contributed by atoms with Gasteiger partial charge in [0.1, 0.15) is 17.7 Å². The maximum absolute atomic E-state index is 13.3. The molecule has 3 rings (SSSR count). The summed E-state index contributed by atoms with van der Waals surface area (Å²) in [6.07, 6.45) is 6.86. The number of halogens is 2. The Balaban J connectivity index is 1.90. The smallest absolute Gasteiger partial charge is 0.247 e. The molecule has 2 amide bonds. The summed E-state index contributed by atoms with van der Waals surface area (Å²) in [6.45, 7) is 0.157. The van der Waals surface area contributed by atoms with Gasteiger partial charge in [0.25, 0.3) is 0 Å². The molecule has 1 aliphatic carbocycles. The summed E-state index contributed by atoms with van der Waals surface area (Å²) in [4.78, 5) is 27.4. The second-order valence-corrected chi connectivity index (χ2v) is 7.74. The van der Waals surface area contributed by atoms with Crippen molar-refractivity contribution in [3.8, 4) is 0 Å². The molecule has 0 bridgehead atoms. The van der Waals surface area contributed by atoms with Gasteiger partial charge in [0.15, 0.2) is 0 Å². The molecule has 0 saturated heterocycles.